The third kappa shape index (κ3) is 4.50. The zero-order valence-electron chi connectivity index (χ0n) is 14.5. The monoisotopic (exact) mass is 343 g/mol. The lowest BCUT2D eigenvalue weighted by atomic mass is 10.0. The highest BCUT2D eigenvalue weighted by molar-refractivity contribution is 5.93. The molecule has 132 valence electrons. The Morgan fingerprint density at radius 3 is 2.36 bits per heavy atom. The molecule has 0 fully saturated rings. The molecule has 0 radical (unpaired) electrons. The molecular weight excluding hydrogens is 322 g/mol. The Bertz CT molecular complexity index is 785. The van der Waals surface area contributed by atoms with E-state index >= 15 is 0 Å². The number of carbonyl (C=O) groups excluding carboxylic acids is 1. The zero-order valence-corrected chi connectivity index (χ0v) is 14.5. The van der Waals surface area contributed by atoms with Crippen molar-refractivity contribution in [2.24, 2.45) is 0 Å². The summed E-state index contributed by atoms with van der Waals surface area (Å²) in [5.41, 5.74) is 2.33. The Hall–Kier alpha value is -3.02. The van der Waals surface area contributed by atoms with E-state index in [1.54, 1.807) is 37.4 Å². The van der Waals surface area contributed by atoms with E-state index in [2.05, 4.69) is 5.32 Å². The van der Waals surface area contributed by atoms with E-state index < -0.39 is 5.97 Å². The molecule has 2 N–H and O–H groups in total. The van der Waals surface area contributed by atoms with Crippen LogP contribution >= 0.6 is 0 Å². The van der Waals surface area contributed by atoms with Gasteiger partial charge in [-0.15, -0.1) is 0 Å². The van der Waals surface area contributed by atoms with Gasteiger partial charge in [-0.05, 0) is 36.6 Å². The molecule has 25 heavy (non-hydrogen) atoms. The molecular formula is C19H21NO5. The maximum absolute atomic E-state index is 12.2. The van der Waals surface area contributed by atoms with Crippen LogP contribution in [0.5, 0.6) is 11.5 Å². The molecule has 0 aliphatic carbocycles. The van der Waals surface area contributed by atoms with Crippen LogP contribution in [0.4, 0.5) is 5.69 Å². The van der Waals surface area contributed by atoms with Gasteiger partial charge >= 0.3 is 5.97 Å². The minimum Gasteiger partial charge on any atom is -0.493 e. The molecule has 0 bridgehead atoms. The first-order chi connectivity index (χ1) is 12.0. The number of nitrogens with one attached hydrogen (secondary N) is 1. The fourth-order valence-corrected chi connectivity index (χ4v) is 2.52. The molecule has 6 heteroatoms. The van der Waals surface area contributed by atoms with Crippen molar-refractivity contribution < 1.29 is 24.2 Å². The molecule has 0 unspecified atom stereocenters. The van der Waals surface area contributed by atoms with E-state index in [-0.39, 0.29) is 17.9 Å². The van der Waals surface area contributed by atoms with E-state index in [0.717, 1.165) is 5.56 Å². The van der Waals surface area contributed by atoms with Crippen LogP contribution in [-0.2, 0) is 11.2 Å². The van der Waals surface area contributed by atoms with E-state index in [9.17, 15) is 14.7 Å². The molecule has 0 heterocycles. The smallest absolute Gasteiger partial charge is 0.335 e. The Balaban J connectivity index is 2.07. The number of carboxylic acid groups (broad SMARTS) is 1. The highest BCUT2D eigenvalue weighted by Crippen LogP contribution is 2.32. The molecule has 6 nitrogen and oxygen atoms in total. The molecule has 0 aliphatic rings. The number of methoxy groups -OCH3 is 2. The van der Waals surface area contributed by atoms with Gasteiger partial charge in [0.05, 0.1) is 19.8 Å². The molecule has 0 spiro atoms. The quantitative estimate of drug-likeness (QED) is 0.806. The Kier molecular flexibility index (Phi) is 6.00. The second-order valence-corrected chi connectivity index (χ2v) is 5.53. The average molecular weight is 343 g/mol. The predicted molar refractivity (Wildman–Crippen MR) is 94.6 cm³/mol. The molecule has 0 aliphatic heterocycles. The molecule has 0 atom stereocenters. The first-order valence-corrected chi connectivity index (χ1v) is 7.80. The van der Waals surface area contributed by atoms with Gasteiger partial charge in [-0.1, -0.05) is 18.2 Å². The van der Waals surface area contributed by atoms with Gasteiger partial charge in [0.25, 0.3) is 0 Å². The van der Waals surface area contributed by atoms with Crippen LogP contribution in [0.3, 0.4) is 0 Å². The number of anilines is 1. The predicted octanol–water partition coefficient (Wildman–Crippen LogP) is 3.28. The summed E-state index contributed by atoms with van der Waals surface area (Å²) in [4.78, 5) is 23.4. The average Bonchev–Trinajstić information content (AvgIpc) is 2.61. The van der Waals surface area contributed by atoms with Gasteiger partial charge in [0, 0.05) is 18.2 Å². The van der Waals surface area contributed by atoms with Crippen molar-refractivity contribution in [1.29, 1.82) is 0 Å². The number of benzene rings is 2. The topological polar surface area (TPSA) is 84.9 Å². The van der Waals surface area contributed by atoms with E-state index in [1.165, 1.54) is 13.2 Å². The summed E-state index contributed by atoms with van der Waals surface area (Å²) in [5, 5.41) is 12.0. The maximum Gasteiger partial charge on any atom is 0.335 e. The van der Waals surface area contributed by atoms with Crippen LogP contribution in [-0.4, -0.2) is 31.2 Å². The Morgan fingerprint density at radius 1 is 1.08 bits per heavy atom. The molecule has 1 amide bonds. The van der Waals surface area contributed by atoms with Gasteiger partial charge in [0.15, 0.2) is 11.5 Å². The van der Waals surface area contributed by atoms with E-state index in [0.29, 0.717) is 29.2 Å². The lowest BCUT2D eigenvalue weighted by Crippen LogP contribution is -2.14. The number of carboxylic acids is 1. The first-order valence-electron chi connectivity index (χ1n) is 7.80. The third-order valence-electron chi connectivity index (χ3n) is 3.87. The first kappa shape index (κ1) is 18.3. The summed E-state index contributed by atoms with van der Waals surface area (Å²) < 4.78 is 10.5. The third-order valence-corrected chi connectivity index (χ3v) is 3.87. The van der Waals surface area contributed by atoms with Crippen molar-refractivity contribution >= 4 is 17.6 Å². The summed E-state index contributed by atoms with van der Waals surface area (Å²) in [5.74, 6) is -0.0738. The fraction of sp³-hybridized carbons (Fsp3) is 0.263. The van der Waals surface area contributed by atoms with Crippen LogP contribution in [0.15, 0.2) is 36.4 Å². The van der Waals surface area contributed by atoms with Crippen LogP contribution in [0.1, 0.15) is 27.9 Å². The van der Waals surface area contributed by atoms with Crippen molar-refractivity contribution in [1.82, 2.24) is 0 Å². The van der Waals surface area contributed by atoms with Gasteiger partial charge in [-0.2, -0.15) is 0 Å². The van der Waals surface area contributed by atoms with Crippen LogP contribution in [0.2, 0.25) is 0 Å². The molecule has 2 aromatic rings. The standard InChI is InChI=1S/C19H21NO5/c1-12-10-16(24-2)17(25-3)11-15(12)20-18(21)9-8-13-6-4-5-7-14(13)19(22)23/h4-7,10-11H,8-9H2,1-3H3,(H,20,21)(H,22,23). The van der Waals surface area contributed by atoms with Crippen LogP contribution in [0, 0.1) is 6.92 Å². The molecule has 2 aromatic carbocycles. The largest absolute Gasteiger partial charge is 0.493 e. The van der Waals surface area contributed by atoms with Gasteiger partial charge in [0.2, 0.25) is 5.91 Å². The van der Waals surface area contributed by atoms with Gasteiger partial charge in [0.1, 0.15) is 0 Å². The minimum atomic E-state index is -0.994. The maximum atomic E-state index is 12.2. The summed E-state index contributed by atoms with van der Waals surface area (Å²) in [7, 11) is 3.08. The zero-order chi connectivity index (χ0) is 18.4. The lowest BCUT2D eigenvalue weighted by molar-refractivity contribution is -0.116. The normalized spacial score (nSPS) is 10.2. The van der Waals surface area contributed by atoms with Crippen molar-refractivity contribution in [3.63, 3.8) is 0 Å². The highest BCUT2D eigenvalue weighted by Gasteiger charge is 2.13. The second kappa shape index (κ2) is 8.19. The number of ether oxygens (including phenoxy) is 2. The summed E-state index contributed by atoms with van der Waals surface area (Å²) >= 11 is 0. The van der Waals surface area contributed by atoms with Gasteiger partial charge < -0.3 is 19.9 Å². The molecule has 0 saturated carbocycles. The molecule has 0 aromatic heterocycles. The second-order valence-electron chi connectivity index (χ2n) is 5.53. The SMILES string of the molecule is COc1cc(C)c(NC(=O)CCc2ccccc2C(=O)O)cc1OC. The van der Waals surface area contributed by atoms with E-state index in [1.807, 2.05) is 6.92 Å². The number of aromatic carboxylic acids is 1. The number of rotatable bonds is 7. The Labute approximate surface area is 146 Å². The fourth-order valence-electron chi connectivity index (χ4n) is 2.52. The lowest BCUT2D eigenvalue weighted by Gasteiger charge is -2.14. The number of hydrogen-bond acceptors (Lipinski definition) is 4. The number of aryl methyl sites for hydroxylation is 2. The Morgan fingerprint density at radius 2 is 1.72 bits per heavy atom. The summed E-state index contributed by atoms with van der Waals surface area (Å²) in [6.45, 7) is 1.86. The van der Waals surface area contributed by atoms with Crippen LogP contribution in [0.25, 0.3) is 0 Å². The highest BCUT2D eigenvalue weighted by atomic mass is 16.5. The van der Waals surface area contributed by atoms with Gasteiger partial charge in [-0.25, -0.2) is 4.79 Å². The number of hydrogen-bond donors (Lipinski definition) is 2. The number of amides is 1. The van der Waals surface area contributed by atoms with Crippen molar-refractivity contribution in [2.45, 2.75) is 19.8 Å². The van der Waals surface area contributed by atoms with Crippen molar-refractivity contribution in [3.05, 3.63) is 53.1 Å². The van der Waals surface area contributed by atoms with E-state index in [4.69, 9.17) is 9.47 Å². The number of carbonyl (C=O) groups is 2. The molecule has 0 saturated heterocycles. The molecule has 2 rings (SSSR count). The summed E-state index contributed by atoms with van der Waals surface area (Å²) in [6, 6.07) is 10.2. The van der Waals surface area contributed by atoms with Crippen molar-refractivity contribution in [2.75, 3.05) is 19.5 Å². The van der Waals surface area contributed by atoms with Crippen molar-refractivity contribution in [3.8, 4) is 11.5 Å². The summed E-state index contributed by atoms with van der Waals surface area (Å²) in [6.07, 6.45) is 0.527. The van der Waals surface area contributed by atoms with Crippen LogP contribution < -0.4 is 14.8 Å². The van der Waals surface area contributed by atoms with Gasteiger partial charge in [-0.3, -0.25) is 4.79 Å². The minimum absolute atomic E-state index is 0.179.